The van der Waals surface area contributed by atoms with Crippen molar-refractivity contribution in [2.75, 3.05) is 26.2 Å². The average molecular weight is 401 g/mol. The maximum Gasteiger partial charge on any atom is 0.254 e. The van der Waals surface area contributed by atoms with Crippen LogP contribution in [0, 0.1) is 5.82 Å². The first-order valence-electron chi connectivity index (χ1n) is 9.94. The minimum Gasteiger partial charge on any atom is -0.454 e. The van der Waals surface area contributed by atoms with Crippen LogP contribution in [0.1, 0.15) is 15.9 Å². The highest BCUT2D eigenvalue weighted by atomic mass is 19.1. The first-order valence-corrected chi connectivity index (χ1v) is 9.94. The molecule has 0 N–H and O–H groups in total. The summed E-state index contributed by atoms with van der Waals surface area (Å²) in [6.45, 7) is 2.35. The lowest BCUT2D eigenvalue weighted by molar-refractivity contribution is 0.0691. The summed E-state index contributed by atoms with van der Waals surface area (Å²) in [4.78, 5) is 21.6. The second-order valence-electron chi connectivity index (χ2n) is 7.29. The minimum absolute atomic E-state index is 0.147. The highest BCUT2D eigenvalue weighted by Gasteiger charge is 2.27. The van der Waals surface area contributed by atoms with E-state index in [4.69, 9.17) is 9.73 Å². The third kappa shape index (κ3) is 3.41. The quantitative estimate of drug-likeness (QED) is 0.605. The number of piperazine rings is 1. The Morgan fingerprint density at radius 1 is 0.867 bits per heavy atom. The zero-order valence-electron chi connectivity index (χ0n) is 16.3. The Labute approximate surface area is 174 Å². The molecule has 30 heavy (non-hydrogen) atoms. The van der Waals surface area contributed by atoms with Crippen molar-refractivity contribution in [2.24, 2.45) is 4.99 Å². The van der Waals surface area contributed by atoms with E-state index in [-0.39, 0.29) is 5.91 Å². The number of fused-ring (bicyclic) bond motifs is 2. The highest BCUT2D eigenvalue weighted by Crippen LogP contribution is 2.37. The lowest BCUT2D eigenvalue weighted by Gasteiger charge is -2.36. The summed E-state index contributed by atoms with van der Waals surface area (Å²) in [5.74, 6) is 1.78. The zero-order valence-corrected chi connectivity index (χ0v) is 16.3. The Balaban J connectivity index is 1.40. The van der Waals surface area contributed by atoms with Crippen molar-refractivity contribution in [1.82, 2.24) is 9.80 Å². The van der Waals surface area contributed by atoms with Gasteiger partial charge in [-0.25, -0.2) is 9.38 Å². The molecule has 1 fully saturated rings. The van der Waals surface area contributed by atoms with Crippen molar-refractivity contribution in [1.29, 1.82) is 0 Å². The van der Waals surface area contributed by atoms with Gasteiger partial charge in [-0.3, -0.25) is 4.79 Å². The van der Waals surface area contributed by atoms with Gasteiger partial charge in [-0.2, -0.15) is 0 Å². The number of carbonyl (C=O) groups excluding carboxylic acids is 1. The van der Waals surface area contributed by atoms with Crippen LogP contribution in [0.15, 0.2) is 77.8 Å². The fourth-order valence-electron chi connectivity index (χ4n) is 3.84. The fourth-order valence-corrected chi connectivity index (χ4v) is 3.84. The molecule has 0 saturated carbocycles. The van der Waals surface area contributed by atoms with Crippen LogP contribution in [0.2, 0.25) is 0 Å². The number of hydrogen-bond acceptors (Lipinski definition) is 4. The molecule has 3 aromatic carbocycles. The Hall–Kier alpha value is -3.67. The van der Waals surface area contributed by atoms with Gasteiger partial charge in [-0.15, -0.1) is 0 Å². The maximum absolute atomic E-state index is 13.5. The molecule has 0 aromatic heterocycles. The molecule has 0 aliphatic carbocycles. The van der Waals surface area contributed by atoms with Gasteiger partial charge in [0.25, 0.3) is 5.91 Å². The summed E-state index contributed by atoms with van der Waals surface area (Å²) in [6.07, 6.45) is 0. The van der Waals surface area contributed by atoms with E-state index in [0.29, 0.717) is 31.7 Å². The Morgan fingerprint density at radius 3 is 2.40 bits per heavy atom. The molecule has 5 nitrogen and oxygen atoms in total. The first kappa shape index (κ1) is 18.4. The Morgan fingerprint density at radius 2 is 1.60 bits per heavy atom. The molecule has 2 aliphatic rings. The largest absolute Gasteiger partial charge is 0.454 e. The van der Waals surface area contributed by atoms with E-state index in [0.717, 1.165) is 28.6 Å². The third-order valence-corrected chi connectivity index (χ3v) is 5.38. The minimum atomic E-state index is -0.400. The number of carbonyl (C=O) groups is 1. The van der Waals surface area contributed by atoms with Crippen molar-refractivity contribution < 1.29 is 13.9 Å². The van der Waals surface area contributed by atoms with Crippen LogP contribution in [0.4, 0.5) is 10.1 Å². The number of ether oxygens (including phenoxy) is 1. The Bertz CT molecular complexity index is 1140. The molecule has 3 aromatic rings. The lowest BCUT2D eigenvalue weighted by Crippen LogP contribution is -2.50. The summed E-state index contributed by atoms with van der Waals surface area (Å²) in [5.41, 5.74) is 2.09. The van der Waals surface area contributed by atoms with E-state index < -0.39 is 5.82 Å². The van der Waals surface area contributed by atoms with Gasteiger partial charge >= 0.3 is 0 Å². The molecule has 0 spiro atoms. The van der Waals surface area contributed by atoms with E-state index in [2.05, 4.69) is 4.90 Å². The second kappa shape index (κ2) is 7.63. The van der Waals surface area contributed by atoms with Gasteiger partial charge in [0.05, 0.1) is 5.56 Å². The summed E-state index contributed by atoms with van der Waals surface area (Å²) in [7, 11) is 0. The second-order valence-corrected chi connectivity index (χ2v) is 7.29. The fraction of sp³-hybridized carbons (Fsp3) is 0.167. The molecule has 5 rings (SSSR count). The van der Waals surface area contributed by atoms with Crippen molar-refractivity contribution in [3.05, 3.63) is 89.7 Å². The molecular weight excluding hydrogens is 381 g/mol. The topological polar surface area (TPSA) is 45.1 Å². The predicted octanol–water partition coefficient (Wildman–Crippen LogP) is 4.47. The van der Waals surface area contributed by atoms with E-state index in [1.807, 2.05) is 48.5 Å². The van der Waals surface area contributed by atoms with E-state index in [9.17, 15) is 9.18 Å². The van der Waals surface area contributed by atoms with Gasteiger partial charge < -0.3 is 14.5 Å². The number of hydrogen-bond donors (Lipinski definition) is 0. The van der Waals surface area contributed by atoms with Gasteiger partial charge in [0.1, 0.15) is 23.1 Å². The predicted molar refractivity (Wildman–Crippen MR) is 113 cm³/mol. The SMILES string of the molecule is O=C(c1cccc(F)c1)N1CCN(C2=Nc3ccccc3Oc3ccccc32)CC1. The van der Waals surface area contributed by atoms with Gasteiger partial charge in [-0.05, 0) is 42.5 Å². The number of aliphatic imine (C=N–C) groups is 1. The van der Waals surface area contributed by atoms with Crippen LogP contribution < -0.4 is 4.74 Å². The molecule has 150 valence electrons. The summed E-state index contributed by atoms with van der Waals surface area (Å²) < 4.78 is 19.6. The number of amides is 1. The van der Waals surface area contributed by atoms with Crippen molar-refractivity contribution in [2.45, 2.75) is 0 Å². The first-order chi connectivity index (χ1) is 14.7. The van der Waals surface area contributed by atoms with Gasteiger partial charge in [0.15, 0.2) is 5.75 Å². The summed E-state index contributed by atoms with van der Waals surface area (Å²) in [5, 5.41) is 0. The molecule has 1 saturated heterocycles. The molecule has 0 unspecified atom stereocenters. The molecular formula is C24H20FN3O2. The zero-order chi connectivity index (χ0) is 20.5. The van der Waals surface area contributed by atoms with Crippen LogP contribution in [0.3, 0.4) is 0 Å². The van der Waals surface area contributed by atoms with E-state index in [1.54, 1.807) is 17.0 Å². The highest BCUT2D eigenvalue weighted by molar-refractivity contribution is 6.04. The Kier molecular flexibility index (Phi) is 4.67. The molecule has 6 heteroatoms. The number of rotatable bonds is 1. The van der Waals surface area contributed by atoms with Gasteiger partial charge in [0, 0.05) is 31.7 Å². The van der Waals surface area contributed by atoms with Crippen LogP contribution >= 0.6 is 0 Å². The summed E-state index contributed by atoms with van der Waals surface area (Å²) >= 11 is 0. The third-order valence-electron chi connectivity index (χ3n) is 5.38. The average Bonchev–Trinajstić information content (AvgIpc) is 2.95. The molecule has 0 atom stereocenters. The van der Waals surface area contributed by atoms with Crippen molar-refractivity contribution in [3.63, 3.8) is 0 Å². The van der Waals surface area contributed by atoms with Crippen LogP contribution in [0.5, 0.6) is 11.5 Å². The summed E-state index contributed by atoms with van der Waals surface area (Å²) in [6, 6.07) is 21.4. The number of para-hydroxylation sites is 3. The number of benzene rings is 3. The standard InChI is InChI=1S/C24H20FN3O2/c25-18-7-5-6-17(16-18)24(29)28-14-12-27(13-15-28)23-19-8-1-3-10-21(19)30-22-11-4-2-9-20(22)26-23/h1-11,16H,12-15H2. The van der Waals surface area contributed by atoms with Crippen molar-refractivity contribution in [3.8, 4) is 11.5 Å². The monoisotopic (exact) mass is 401 g/mol. The molecule has 0 radical (unpaired) electrons. The van der Waals surface area contributed by atoms with Crippen molar-refractivity contribution >= 4 is 17.4 Å². The number of amidine groups is 1. The van der Waals surface area contributed by atoms with Crippen LogP contribution in [-0.4, -0.2) is 47.7 Å². The smallest absolute Gasteiger partial charge is 0.254 e. The molecule has 1 amide bonds. The van der Waals surface area contributed by atoms with Crippen LogP contribution in [-0.2, 0) is 0 Å². The van der Waals surface area contributed by atoms with Gasteiger partial charge in [0.2, 0.25) is 0 Å². The number of halogens is 1. The molecule has 0 bridgehead atoms. The maximum atomic E-state index is 13.5. The lowest BCUT2D eigenvalue weighted by atomic mass is 10.1. The van der Waals surface area contributed by atoms with E-state index >= 15 is 0 Å². The molecule has 2 aliphatic heterocycles. The van der Waals surface area contributed by atoms with Crippen LogP contribution in [0.25, 0.3) is 0 Å². The molecule has 2 heterocycles. The number of nitrogens with zero attached hydrogens (tertiary/aromatic N) is 3. The van der Waals surface area contributed by atoms with Gasteiger partial charge in [-0.1, -0.05) is 30.3 Å². The van der Waals surface area contributed by atoms with E-state index in [1.165, 1.54) is 12.1 Å². The normalized spacial score (nSPS) is 15.4.